The third-order valence-corrected chi connectivity index (χ3v) is 4.21. The predicted octanol–water partition coefficient (Wildman–Crippen LogP) is 2.72. The molecule has 0 N–H and O–H groups in total. The zero-order valence-electron chi connectivity index (χ0n) is 13.1. The Kier molecular flexibility index (Phi) is 5.43. The molecule has 2 rings (SSSR count). The van der Waals surface area contributed by atoms with Crippen molar-refractivity contribution in [2.75, 3.05) is 31.1 Å². The van der Waals surface area contributed by atoms with Crippen LogP contribution in [0.15, 0.2) is 0 Å². The summed E-state index contributed by atoms with van der Waals surface area (Å²) in [7, 11) is 0. The van der Waals surface area contributed by atoms with Gasteiger partial charge in [-0.1, -0.05) is 0 Å². The van der Waals surface area contributed by atoms with E-state index in [0.717, 1.165) is 0 Å². The van der Waals surface area contributed by atoms with Gasteiger partial charge in [-0.2, -0.15) is 22.5 Å². The molecule has 0 spiro atoms. The summed E-state index contributed by atoms with van der Waals surface area (Å²) in [4.78, 5) is 17.7. The summed E-state index contributed by atoms with van der Waals surface area (Å²) in [5.41, 5.74) is -0.747. The van der Waals surface area contributed by atoms with E-state index in [-0.39, 0.29) is 24.9 Å². The van der Waals surface area contributed by atoms with E-state index in [2.05, 4.69) is 4.98 Å². The molecule has 0 saturated carbocycles. The van der Waals surface area contributed by atoms with Crippen LogP contribution in [-0.2, 0) is 4.79 Å². The fourth-order valence-electron chi connectivity index (χ4n) is 2.90. The number of anilines is 1. The summed E-state index contributed by atoms with van der Waals surface area (Å²) in [6.45, 7) is 5.25. The molecule has 1 fully saturated rings. The van der Waals surface area contributed by atoms with Gasteiger partial charge in [-0.05, 0) is 26.7 Å². The quantitative estimate of drug-likeness (QED) is 0.628. The average molecular weight is 333 g/mol. The summed E-state index contributed by atoms with van der Waals surface area (Å²) in [5.74, 6) is -6.58. The monoisotopic (exact) mass is 333 g/mol. The Morgan fingerprint density at radius 2 is 1.57 bits per heavy atom. The molecular formula is C15H19F4N3O. The predicted molar refractivity (Wildman–Crippen MR) is 76.9 cm³/mol. The fraction of sp³-hybridized carbons (Fsp3) is 0.600. The number of nitrogens with zero attached hydrogens (tertiary/aromatic N) is 3. The molecule has 0 radical (unpaired) electrons. The smallest absolute Gasteiger partial charge is 0.253 e. The fourth-order valence-corrected chi connectivity index (χ4v) is 2.90. The van der Waals surface area contributed by atoms with Crippen molar-refractivity contribution in [3.63, 3.8) is 0 Å². The number of aromatic nitrogens is 1. The standard InChI is InChI=1S/C15H19F4N3O/c1-3-21(4-2)15(23)9-5-7-22(8-6-9)12-10(16)13(18)20-14(19)11(12)17/h9H,3-8H2,1-2H3. The van der Waals surface area contributed by atoms with E-state index in [1.54, 1.807) is 4.90 Å². The van der Waals surface area contributed by atoms with Gasteiger partial charge in [-0.15, -0.1) is 0 Å². The summed E-state index contributed by atoms with van der Waals surface area (Å²) in [6, 6.07) is 0. The van der Waals surface area contributed by atoms with Crippen LogP contribution in [0.25, 0.3) is 0 Å². The molecule has 0 bridgehead atoms. The zero-order valence-corrected chi connectivity index (χ0v) is 13.1. The van der Waals surface area contributed by atoms with E-state index in [0.29, 0.717) is 25.9 Å². The Balaban J connectivity index is 2.13. The zero-order chi connectivity index (χ0) is 17.1. The lowest BCUT2D eigenvalue weighted by Crippen LogP contribution is -2.43. The maximum atomic E-state index is 13.8. The van der Waals surface area contributed by atoms with Gasteiger partial charge >= 0.3 is 0 Å². The number of pyridine rings is 1. The lowest BCUT2D eigenvalue weighted by molar-refractivity contribution is -0.135. The van der Waals surface area contributed by atoms with E-state index in [1.165, 1.54) is 4.90 Å². The van der Waals surface area contributed by atoms with E-state index >= 15 is 0 Å². The number of halogens is 4. The third kappa shape index (κ3) is 3.40. The molecule has 1 amide bonds. The van der Waals surface area contributed by atoms with E-state index in [9.17, 15) is 22.4 Å². The minimum Gasteiger partial charge on any atom is -0.366 e. The number of hydrogen-bond acceptors (Lipinski definition) is 3. The van der Waals surface area contributed by atoms with Crippen molar-refractivity contribution in [2.45, 2.75) is 26.7 Å². The van der Waals surface area contributed by atoms with Crippen LogP contribution in [0.5, 0.6) is 0 Å². The molecule has 128 valence electrons. The first-order valence-electron chi connectivity index (χ1n) is 7.64. The van der Waals surface area contributed by atoms with Gasteiger partial charge in [0.05, 0.1) is 0 Å². The molecule has 23 heavy (non-hydrogen) atoms. The average Bonchev–Trinajstić information content (AvgIpc) is 2.55. The number of carbonyl (C=O) groups is 1. The van der Waals surface area contributed by atoms with Crippen molar-refractivity contribution in [3.8, 4) is 0 Å². The maximum Gasteiger partial charge on any atom is 0.253 e. The summed E-state index contributed by atoms with van der Waals surface area (Å²) in [5, 5.41) is 0. The number of rotatable bonds is 4. The van der Waals surface area contributed by atoms with Gasteiger partial charge in [0.1, 0.15) is 5.69 Å². The Morgan fingerprint density at radius 1 is 1.09 bits per heavy atom. The van der Waals surface area contributed by atoms with Crippen molar-refractivity contribution in [1.82, 2.24) is 9.88 Å². The Morgan fingerprint density at radius 3 is 2.00 bits per heavy atom. The normalized spacial score (nSPS) is 15.8. The molecule has 0 aromatic carbocycles. The molecule has 1 aliphatic heterocycles. The topological polar surface area (TPSA) is 36.4 Å². The minimum absolute atomic E-state index is 0.00248. The highest BCUT2D eigenvalue weighted by atomic mass is 19.2. The van der Waals surface area contributed by atoms with Crippen molar-refractivity contribution in [1.29, 1.82) is 0 Å². The van der Waals surface area contributed by atoms with Crippen LogP contribution in [0.2, 0.25) is 0 Å². The van der Waals surface area contributed by atoms with Gasteiger partial charge in [-0.3, -0.25) is 4.79 Å². The molecule has 1 aromatic rings. The molecule has 2 heterocycles. The molecule has 1 aromatic heterocycles. The Hall–Kier alpha value is -1.86. The maximum absolute atomic E-state index is 13.8. The molecular weight excluding hydrogens is 314 g/mol. The summed E-state index contributed by atoms with van der Waals surface area (Å²) >= 11 is 0. The van der Waals surface area contributed by atoms with Crippen LogP contribution in [-0.4, -0.2) is 42.0 Å². The lowest BCUT2D eigenvalue weighted by atomic mass is 9.95. The highest BCUT2D eigenvalue weighted by Crippen LogP contribution is 2.30. The highest BCUT2D eigenvalue weighted by Gasteiger charge is 2.31. The van der Waals surface area contributed by atoms with Gasteiger partial charge in [0.2, 0.25) is 17.5 Å². The van der Waals surface area contributed by atoms with Crippen LogP contribution in [0.3, 0.4) is 0 Å². The van der Waals surface area contributed by atoms with Crippen LogP contribution in [0, 0.1) is 29.4 Å². The molecule has 0 atom stereocenters. The van der Waals surface area contributed by atoms with E-state index < -0.39 is 29.2 Å². The van der Waals surface area contributed by atoms with Gasteiger partial charge in [-0.25, -0.2) is 0 Å². The van der Waals surface area contributed by atoms with Gasteiger partial charge in [0.15, 0.2) is 0 Å². The number of piperidine rings is 1. The van der Waals surface area contributed by atoms with Crippen molar-refractivity contribution >= 4 is 11.6 Å². The molecule has 0 aliphatic carbocycles. The molecule has 8 heteroatoms. The minimum atomic E-state index is -1.67. The second-order valence-electron chi connectivity index (χ2n) is 5.44. The van der Waals surface area contributed by atoms with Gasteiger partial charge < -0.3 is 9.80 Å². The van der Waals surface area contributed by atoms with Crippen LogP contribution in [0.4, 0.5) is 23.2 Å². The van der Waals surface area contributed by atoms with Gasteiger partial charge in [0.25, 0.3) is 11.9 Å². The van der Waals surface area contributed by atoms with E-state index in [4.69, 9.17) is 0 Å². The molecule has 1 saturated heterocycles. The molecule has 4 nitrogen and oxygen atoms in total. The molecule has 1 aliphatic rings. The van der Waals surface area contributed by atoms with Gasteiger partial charge in [0, 0.05) is 32.1 Å². The van der Waals surface area contributed by atoms with E-state index in [1.807, 2.05) is 13.8 Å². The Bertz CT molecular complexity index is 558. The van der Waals surface area contributed by atoms with Crippen molar-refractivity contribution in [2.24, 2.45) is 5.92 Å². The molecule has 0 unspecified atom stereocenters. The highest BCUT2D eigenvalue weighted by molar-refractivity contribution is 5.79. The number of carbonyl (C=O) groups excluding carboxylic acids is 1. The van der Waals surface area contributed by atoms with Crippen molar-refractivity contribution in [3.05, 3.63) is 23.5 Å². The largest absolute Gasteiger partial charge is 0.366 e. The second kappa shape index (κ2) is 7.14. The third-order valence-electron chi connectivity index (χ3n) is 4.21. The first kappa shape index (κ1) is 17.5. The number of amides is 1. The first-order chi connectivity index (χ1) is 10.9. The van der Waals surface area contributed by atoms with Crippen molar-refractivity contribution < 1.29 is 22.4 Å². The Labute approximate surface area is 132 Å². The first-order valence-corrected chi connectivity index (χ1v) is 7.64. The van der Waals surface area contributed by atoms with Crippen LogP contribution >= 0.6 is 0 Å². The SMILES string of the molecule is CCN(CC)C(=O)C1CCN(c2c(F)c(F)nc(F)c2F)CC1. The van der Waals surface area contributed by atoms with Crippen LogP contribution < -0.4 is 4.90 Å². The number of hydrogen-bond donors (Lipinski definition) is 0. The summed E-state index contributed by atoms with van der Waals surface area (Å²) in [6.07, 6.45) is 0.750. The second-order valence-corrected chi connectivity index (χ2v) is 5.44. The van der Waals surface area contributed by atoms with Crippen LogP contribution in [0.1, 0.15) is 26.7 Å². The summed E-state index contributed by atoms with van der Waals surface area (Å²) < 4.78 is 53.9. The lowest BCUT2D eigenvalue weighted by Gasteiger charge is -2.35.